The van der Waals surface area contributed by atoms with E-state index in [1.165, 1.54) is 0 Å². The molecule has 3 aromatic rings. The van der Waals surface area contributed by atoms with Crippen molar-refractivity contribution in [1.82, 2.24) is 9.97 Å². The largest absolute Gasteiger partial charge is 0.496 e. The highest BCUT2D eigenvalue weighted by atomic mass is 16.5. The van der Waals surface area contributed by atoms with E-state index in [-0.39, 0.29) is 0 Å². The first-order valence-corrected chi connectivity index (χ1v) is 8.19. The van der Waals surface area contributed by atoms with E-state index in [0.717, 1.165) is 39.6 Å². The molecule has 0 saturated heterocycles. The maximum Gasteiger partial charge on any atom is 0.126 e. The third-order valence-corrected chi connectivity index (χ3v) is 3.97. The van der Waals surface area contributed by atoms with Crippen LogP contribution in [0.25, 0.3) is 29.6 Å². The Hall–Kier alpha value is -3.40. The van der Waals surface area contributed by atoms with E-state index < -0.39 is 0 Å². The van der Waals surface area contributed by atoms with Crippen molar-refractivity contribution in [2.75, 3.05) is 14.2 Å². The summed E-state index contributed by atoms with van der Waals surface area (Å²) in [5, 5.41) is 0. The van der Waals surface area contributed by atoms with Gasteiger partial charge in [-0.05, 0) is 35.9 Å². The zero-order valence-corrected chi connectivity index (χ0v) is 14.8. The number of hydrogen-bond donors (Lipinski definition) is 0. The fourth-order valence-electron chi connectivity index (χ4n) is 2.59. The maximum absolute atomic E-state index is 5.47. The third-order valence-electron chi connectivity index (χ3n) is 3.97. The summed E-state index contributed by atoms with van der Waals surface area (Å²) in [4.78, 5) is 8.79. The van der Waals surface area contributed by atoms with Gasteiger partial charge < -0.3 is 9.47 Å². The van der Waals surface area contributed by atoms with Crippen LogP contribution in [0, 0.1) is 0 Å². The minimum atomic E-state index is 0.754. The number of rotatable bonds is 6. The zero-order valence-electron chi connectivity index (χ0n) is 14.8. The summed E-state index contributed by atoms with van der Waals surface area (Å²) in [6, 6.07) is 13.6. The first kappa shape index (κ1) is 17.4. The fraction of sp³-hybridized carbons (Fsp3) is 0.0909. The fourth-order valence-corrected chi connectivity index (χ4v) is 2.59. The number of aromatic nitrogens is 2. The first-order chi connectivity index (χ1) is 12.7. The summed E-state index contributed by atoms with van der Waals surface area (Å²) in [6.07, 6.45) is 9.29. The molecule has 2 heterocycles. The van der Waals surface area contributed by atoms with Gasteiger partial charge in [0.1, 0.15) is 11.5 Å². The smallest absolute Gasteiger partial charge is 0.126 e. The molecule has 0 atom stereocenters. The van der Waals surface area contributed by atoms with Crippen molar-refractivity contribution in [2.24, 2.45) is 0 Å². The summed E-state index contributed by atoms with van der Waals surface area (Å²) < 4.78 is 10.9. The molecule has 4 heteroatoms. The van der Waals surface area contributed by atoms with Crippen LogP contribution in [0.15, 0.2) is 61.4 Å². The van der Waals surface area contributed by atoms with Crippen LogP contribution in [-0.2, 0) is 0 Å². The van der Waals surface area contributed by atoms with E-state index in [1.54, 1.807) is 26.5 Å². The highest BCUT2D eigenvalue weighted by Crippen LogP contribution is 2.31. The summed E-state index contributed by atoms with van der Waals surface area (Å²) in [5.74, 6) is 1.51. The van der Waals surface area contributed by atoms with Crippen molar-refractivity contribution in [3.63, 3.8) is 0 Å². The molecular weight excluding hydrogens is 324 g/mol. The number of hydrogen-bond acceptors (Lipinski definition) is 4. The van der Waals surface area contributed by atoms with Crippen molar-refractivity contribution >= 4 is 18.2 Å². The number of methoxy groups -OCH3 is 2. The molecule has 4 nitrogen and oxygen atoms in total. The minimum Gasteiger partial charge on any atom is -0.496 e. The van der Waals surface area contributed by atoms with Crippen molar-refractivity contribution in [2.45, 2.75) is 0 Å². The van der Waals surface area contributed by atoms with Gasteiger partial charge >= 0.3 is 0 Å². The second-order valence-electron chi connectivity index (χ2n) is 5.57. The van der Waals surface area contributed by atoms with E-state index in [9.17, 15) is 0 Å². The average molecular weight is 344 g/mol. The van der Waals surface area contributed by atoms with Crippen LogP contribution in [0.3, 0.4) is 0 Å². The molecule has 0 spiro atoms. The molecule has 0 fully saturated rings. The first-order valence-electron chi connectivity index (χ1n) is 8.19. The van der Waals surface area contributed by atoms with Crippen molar-refractivity contribution in [1.29, 1.82) is 0 Å². The van der Waals surface area contributed by atoms with Crippen molar-refractivity contribution < 1.29 is 9.47 Å². The highest BCUT2D eigenvalue weighted by Gasteiger charge is 2.07. The Bertz CT molecular complexity index is 917. The van der Waals surface area contributed by atoms with Gasteiger partial charge in [-0.1, -0.05) is 36.9 Å². The lowest BCUT2D eigenvalue weighted by atomic mass is 10.1. The molecular formula is C22H20N2O2. The lowest BCUT2D eigenvalue weighted by Gasteiger charge is -2.11. The van der Waals surface area contributed by atoms with Crippen LogP contribution >= 0.6 is 0 Å². The maximum atomic E-state index is 5.47. The summed E-state index contributed by atoms with van der Waals surface area (Å²) in [6.45, 7) is 3.80. The summed E-state index contributed by atoms with van der Waals surface area (Å²) in [7, 11) is 3.29. The van der Waals surface area contributed by atoms with Crippen LogP contribution in [0.4, 0.5) is 0 Å². The van der Waals surface area contributed by atoms with Crippen LogP contribution in [0.5, 0.6) is 11.5 Å². The molecule has 130 valence electrons. The molecule has 2 aromatic heterocycles. The molecule has 0 aliphatic heterocycles. The molecule has 0 N–H and O–H groups in total. The predicted molar refractivity (Wildman–Crippen MR) is 106 cm³/mol. The third kappa shape index (κ3) is 3.81. The van der Waals surface area contributed by atoms with Gasteiger partial charge in [0.2, 0.25) is 0 Å². The summed E-state index contributed by atoms with van der Waals surface area (Å²) in [5.41, 5.74) is 4.50. The Balaban J connectivity index is 1.87. The van der Waals surface area contributed by atoms with E-state index in [0.29, 0.717) is 0 Å². The normalized spacial score (nSPS) is 10.7. The van der Waals surface area contributed by atoms with Gasteiger partial charge in [-0.3, -0.25) is 9.97 Å². The highest BCUT2D eigenvalue weighted by molar-refractivity contribution is 5.75. The van der Waals surface area contributed by atoms with E-state index >= 15 is 0 Å². The molecule has 0 bridgehead atoms. The second-order valence-corrected chi connectivity index (χ2v) is 5.57. The van der Waals surface area contributed by atoms with Gasteiger partial charge in [0.05, 0.1) is 25.6 Å². The predicted octanol–water partition coefficient (Wildman–Crippen LogP) is 4.97. The molecule has 0 aliphatic rings. The number of pyridine rings is 2. The Kier molecular flexibility index (Phi) is 5.44. The van der Waals surface area contributed by atoms with Crippen LogP contribution in [0.1, 0.15) is 16.7 Å². The van der Waals surface area contributed by atoms with Crippen molar-refractivity contribution in [3.8, 4) is 22.9 Å². The van der Waals surface area contributed by atoms with Gasteiger partial charge in [0, 0.05) is 23.5 Å². The number of nitrogens with zero attached hydrogens (tertiary/aromatic N) is 2. The van der Waals surface area contributed by atoms with Gasteiger partial charge in [0.15, 0.2) is 0 Å². The topological polar surface area (TPSA) is 44.2 Å². The van der Waals surface area contributed by atoms with Gasteiger partial charge in [-0.15, -0.1) is 0 Å². The molecule has 3 rings (SSSR count). The second kappa shape index (κ2) is 8.12. The lowest BCUT2D eigenvalue weighted by molar-refractivity contribution is 0.401. The van der Waals surface area contributed by atoms with E-state index in [1.807, 2.05) is 60.8 Å². The molecule has 0 radical (unpaired) electrons. The standard InChI is InChI=1S/C22H20N2O2/c1-4-17-13-22(26-3)18(14-21(17)25-2)10-8-16-9-11-20(24-15-16)19-7-5-6-12-23-19/h4-15H,1H2,2-3H3/b10-8+. The van der Waals surface area contributed by atoms with Gasteiger partial charge in [-0.2, -0.15) is 0 Å². The van der Waals surface area contributed by atoms with E-state index in [2.05, 4.69) is 16.5 Å². The average Bonchev–Trinajstić information content (AvgIpc) is 2.72. The monoisotopic (exact) mass is 344 g/mol. The molecule has 26 heavy (non-hydrogen) atoms. The molecule has 0 saturated carbocycles. The Labute approximate surface area is 153 Å². The molecule has 0 aliphatic carbocycles. The van der Waals surface area contributed by atoms with Crippen LogP contribution in [0.2, 0.25) is 0 Å². The SMILES string of the molecule is C=Cc1cc(OC)c(/C=C/c2ccc(-c3ccccn3)nc2)cc1OC. The molecule has 0 unspecified atom stereocenters. The summed E-state index contributed by atoms with van der Waals surface area (Å²) >= 11 is 0. The van der Waals surface area contributed by atoms with Gasteiger partial charge in [0.25, 0.3) is 0 Å². The number of ether oxygens (including phenoxy) is 2. The minimum absolute atomic E-state index is 0.754. The Morgan fingerprint density at radius 2 is 1.58 bits per heavy atom. The zero-order chi connectivity index (χ0) is 18.4. The van der Waals surface area contributed by atoms with Gasteiger partial charge in [-0.25, -0.2) is 0 Å². The molecule has 0 amide bonds. The van der Waals surface area contributed by atoms with Crippen LogP contribution < -0.4 is 9.47 Å². The van der Waals surface area contributed by atoms with E-state index in [4.69, 9.17) is 9.47 Å². The lowest BCUT2D eigenvalue weighted by Crippen LogP contribution is -1.93. The Morgan fingerprint density at radius 3 is 2.19 bits per heavy atom. The Morgan fingerprint density at radius 1 is 0.846 bits per heavy atom. The molecule has 1 aromatic carbocycles. The number of benzene rings is 1. The van der Waals surface area contributed by atoms with Crippen molar-refractivity contribution in [3.05, 3.63) is 78.1 Å². The van der Waals surface area contributed by atoms with Crippen LogP contribution in [-0.4, -0.2) is 24.2 Å². The quantitative estimate of drug-likeness (QED) is 0.633.